The predicted molar refractivity (Wildman–Crippen MR) is 68.8 cm³/mol. The molecule has 1 heterocycles. The molecule has 0 atom stereocenters. The number of hydrogen-bond donors (Lipinski definition) is 1. The van der Waals surface area contributed by atoms with E-state index in [-0.39, 0.29) is 0 Å². The molecule has 1 aliphatic heterocycles. The second-order valence-corrected chi connectivity index (χ2v) is 5.21. The van der Waals surface area contributed by atoms with Crippen molar-refractivity contribution in [1.29, 1.82) is 0 Å². The van der Waals surface area contributed by atoms with E-state index in [0.29, 0.717) is 6.10 Å². The number of rotatable bonds is 7. The number of likely N-dealkylation sites (tertiary alicyclic amines) is 1. The fraction of sp³-hybridized carbons (Fsp3) is 1.00. The molecular weight excluding hydrogens is 200 g/mol. The fourth-order valence-corrected chi connectivity index (χ4v) is 2.12. The monoisotopic (exact) mass is 228 g/mol. The van der Waals surface area contributed by atoms with Gasteiger partial charge in [-0.1, -0.05) is 13.8 Å². The van der Waals surface area contributed by atoms with Crippen molar-refractivity contribution in [3.8, 4) is 0 Å². The summed E-state index contributed by atoms with van der Waals surface area (Å²) in [5.41, 5.74) is 0. The fourth-order valence-electron chi connectivity index (χ4n) is 2.12. The van der Waals surface area contributed by atoms with Crippen LogP contribution in [0.1, 0.15) is 33.1 Å². The van der Waals surface area contributed by atoms with Gasteiger partial charge in [-0.15, -0.1) is 0 Å². The number of hydrogen-bond acceptors (Lipinski definition) is 3. The molecule has 0 amide bonds. The van der Waals surface area contributed by atoms with Gasteiger partial charge in [0.25, 0.3) is 0 Å². The lowest BCUT2D eigenvalue weighted by Gasteiger charge is -2.31. The zero-order valence-electron chi connectivity index (χ0n) is 11.2. The van der Waals surface area contributed by atoms with Crippen LogP contribution in [0.25, 0.3) is 0 Å². The molecule has 1 N–H and O–H groups in total. The summed E-state index contributed by atoms with van der Waals surface area (Å²) >= 11 is 0. The van der Waals surface area contributed by atoms with Crippen molar-refractivity contribution < 1.29 is 4.74 Å². The average molecular weight is 228 g/mol. The minimum Gasteiger partial charge on any atom is -0.381 e. The average Bonchev–Trinajstić information content (AvgIpc) is 2.29. The minimum absolute atomic E-state index is 0.505. The van der Waals surface area contributed by atoms with Crippen LogP contribution in [0, 0.1) is 5.92 Å². The Hall–Kier alpha value is -0.120. The summed E-state index contributed by atoms with van der Waals surface area (Å²) < 4.78 is 5.37. The number of methoxy groups -OCH3 is 1. The maximum Gasteiger partial charge on any atom is 0.0595 e. The Morgan fingerprint density at radius 1 is 1.25 bits per heavy atom. The van der Waals surface area contributed by atoms with Gasteiger partial charge in [0.05, 0.1) is 6.10 Å². The molecule has 0 spiro atoms. The highest BCUT2D eigenvalue weighted by molar-refractivity contribution is 4.72. The van der Waals surface area contributed by atoms with E-state index in [1.807, 2.05) is 7.11 Å². The summed E-state index contributed by atoms with van der Waals surface area (Å²) in [6.07, 6.45) is 4.18. The number of nitrogens with zero attached hydrogens (tertiary/aromatic N) is 1. The third-order valence-electron chi connectivity index (χ3n) is 3.37. The van der Waals surface area contributed by atoms with Crippen LogP contribution in [0.15, 0.2) is 0 Å². The molecule has 16 heavy (non-hydrogen) atoms. The second-order valence-electron chi connectivity index (χ2n) is 5.21. The Labute approximate surface area is 101 Å². The molecule has 0 aromatic heterocycles. The van der Waals surface area contributed by atoms with Gasteiger partial charge in [0.2, 0.25) is 0 Å². The van der Waals surface area contributed by atoms with Crippen LogP contribution in [0.2, 0.25) is 0 Å². The molecule has 3 nitrogen and oxygen atoms in total. The van der Waals surface area contributed by atoms with Crippen molar-refractivity contribution in [3.05, 3.63) is 0 Å². The Bertz CT molecular complexity index is 165. The van der Waals surface area contributed by atoms with Crippen LogP contribution in [-0.2, 0) is 4.74 Å². The van der Waals surface area contributed by atoms with Gasteiger partial charge in [0.15, 0.2) is 0 Å². The second kappa shape index (κ2) is 8.04. The van der Waals surface area contributed by atoms with Gasteiger partial charge >= 0.3 is 0 Å². The van der Waals surface area contributed by atoms with Crippen LogP contribution in [0.5, 0.6) is 0 Å². The summed E-state index contributed by atoms with van der Waals surface area (Å²) in [6.45, 7) is 10.4. The Morgan fingerprint density at radius 3 is 2.50 bits per heavy atom. The molecule has 0 aromatic rings. The summed E-state index contributed by atoms with van der Waals surface area (Å²) in [4.78, 5) is 2.54. The molecule has 1 rings (SSSR count). The van der Waals surface area contributed by atoms with Gasteiger partial charge in [-0.3, -0.25) is 0 Å². The normalized spacial score (nSPS) is 19.5. The van der Waals surface area contributed by atoms with Crippen molar-refractivity contribution in [2.75, 3.05) is 39.8 Å². The quantitative estimate of drug-likeness (QED) is 0.672. The maximum absolute atomic E-state index is 5.37. The van der Waals surface area contributed by atoms with Gasteiger partial charge in [-0.05, 0) is 31.7 Å². The van der Waals surface area contributed by atoms with E-state index in [0.717, 1.165) is 19.0 Å². The minimum atomic E-state index is 0.505. The van der Waals surface area contributed by atoms with E-state index in [4.69, 9.17) is 4.74 Å². The highest BCUT2D eigenvalue weighted by Crippen LogP contribution is 2.11. The van der Waals surface area contributed by atoms with Gasteiger partial charge in [-0.2, -0.15) is 0 Å². The topological polar surface area (TPSA) is 24.5 Å². The zero-order valence-corrected chi connectivity index (χ0v) is 11.2. The lowest BCUT2D eigenvalue weighted by molar-refractivity contribution is 0.0415. The third kappa shape index (κ3) is 5.83. The molecule has 0 bridgehead atoms. The number of ether oxygens (including phenoxy) is 1. The molecule has 0 aromatic carbocycles. The van der Waals surface area contributed by atoms with E-state index < -0.39 is 0 Å². The lowest BCUT2D eigenvalue weighted by Crippen LogP contribution is -2.40. The Kier molecular flexibility index (Phi) is 7.01. The van der Waals surface area contributed by atoms with E-state index in [1.54, 1.807) is 0 Å². The molecule has 0 unspecified atom stereocenters. The van der Waals surface area contributed by atoms with Crippen LogP contribution in [-0.4, -0.2) is 50.8 Å². The first kappa shape index (κ1) is 13.9. The highest BCUT2D eigenvalue weighted by atomic mass is 16.5. The van der Waals surface area contributed by atoms with Crippen molar-refractivity contribution in [2.24, 2.45) is 5.92 Å². The van der Waals surface area contributed by atoms with Crippen LogP contribution < -0.4 is 5.32 Å². The summed E-state index contributed by atoms with van der Waals surface area (Å²) in [6, 6.07) is 0. The number of nitrogens with one attached hydrogen (secondary N) is 1. The highest BCUT2D eigenvalue weighted by Gasteiger charge is 2.17. The molecule has 0 aliphatic carbocycles. The molecule has 0 radical (unpaired) electrons. The van der Waals surface area contributed by atoms with E-state index in [9.17, 15) is 0 Å². The van der Waals surface area contributed by atoms with Crippen LogP contribution in [0.4, 0.5) is 0 Å². The lowest BCUT2D eigenvalue weighted by atomic mass is 10.1. The molecule has 1 fully saturated rings. The van der Waals surface area contributed by atoms with E-state index in [2.05, 4.69) is 24.1 Å². The number of piperidine rings is 1. The summed E-state index contributed by atoms with van der Waals surface area (Å²) in [5, 5.41) is 3.52. The molecule has 3 heteroatoms. The van der Waals surface area contributed by atoms with Crippen molar-refractivity contribution in [2.45, 2.75) is 39.2 Å². The van der Waals surface area contributed by atoms with Gasteiger partial charge in [0.1, 0.15) is 0 Å². The summed E-state index contributed by atoms with van der Waals surface area (Å²) in [5.74, 6) is 0.810. The molecular formula is C13H28N2O. The van der Waals surface area contributed by atoms with Crippen LogP contribution >= 0.6 is 0 Å². The van der Waals surface area contributed by atoms with Crippen molar-refractivity contribution >= 4 is 0 Å². The van der Waals surface area contributed by atoms with Gasteiger partial charge < -0.3 is 15.0 Å². The molecule has 96 valence electrons. The Morgan fingerprint density at radius 2 is 1.94 bits per heavy atom. The summed E-state index contributed by atoms with van der Waals surface area (Å²) in [7, 11) is 1.83. The predicted octanol–water partition coefficient (Wildman–Crippen LogP) is 1.73. The third-order valence-corrected chi connectivity index (χ3v) is 3.37. The Balaban J connectivity index is 1.94. The van der Waals surface area contributed by atoms with Crippen LogP contribution in [0.3, 0.4) is 0 Å². The van der Waals surface area contributed by atoms with Crippen molar-refractivity contribution in [1.82, 2.24) is 10.2 Å². The molecule has 1 saturated heterocycles. The maximum atomic E-state index is 5.37. The zero-order chi connectivity index (χ0) is 11.8. The first-order valence-electron chi connectivity index (χ1n) is 6.68. The van der Waals surface area contributed by atoms with E-state index >= 15 is 0 Å². The smallest absolute Gasteiger partial charge is 0.0595 e. The van der Waals surface area contributed by atoms with Gasteiger partial charge in [-0.25, -0.2) is 0 Å². The first-order chi connectivity index (χ1) is 7.72. The van der Waals surface area contributed by atoms with Gasteiger partial charge in [0, 0.05) is 33.3 Å². The molecule has 0 saturated carbocycles. The molecule has 1 aliphatic rings. The largest absolute Gasteiger partial charge is 0.381 e. The first-order valence-corrected chi connectivity index (χ1v) is 6.68. The van der Waals surface area contributed by atoms with Crippen molar-refractivity contribution in [3.63, 3.8) is 0 Å². The van der Waals surface area contributed by atoms with E-state index in [1.165, 1.54) is 38.9 Å². The standard InChI is InChI=1S/C13H28N2O/c1-12(2)4-7-14-8-11-15-9-5-13(16-3)6-10-15/h12-14H,4-11H2,1-3H3. The SMILES string of the molecule is COC1CCN(CCNCCC(C)C)CC1.